The van der Waals surface area contributed by atoms with Crippen LogP contribution in [0.2, 0.25) is 10.0 Å². The van der Waals surface area contributed by atoms with Gasteiger partial charge in [-0.15, -0.1) is 0 Å². The molecule has 1 N–H and O–H groups in total. The molecule has 0 heterocycles. The molecular weight excluding hydrogens is 318 g/mol. The summed E-state index contributed by atoms with van der Waals surface area (Å²) in [7, 11) is 1.47. The van der Waals surface area contributed by atoms with Crippen molar-refractivity contribution in [3.8, 4) is 11.5 Å². The van der Waals surface area contributed by atoms with E-state index in [-0.39, 0.29) is 18.2 Å². The van der Waals surface area contributed by atoms with E-state index in [1.54, 1.807) is 24.3 Å². The van der Waals surface area contributed by atoms with Gasteiger partial charge in [-0.2, -0.15) is 0 Å². The Balaban J connectivity index is 2.29. The lowest BCUT2D eigenvalue weighted by Gasteiger charge is -2.15. The molecule has 0 atom stereocenters. The molecule has 0 aliphatic rings. The van der Waals surface area contributed by atoms with Crippen LogP contribution >= 0.6 is 23.2 Å². The van der Waals surface area contributed by atoms with E-state index in [0.29, 0.717) is 27.6 Å². The first-order chi connectivity index (χ1) is 10.1. The summed E-state index contributed by atoms with van der Waals surface area (Å²) in [6.07, 6.45) is 0. The zero-order valence-electron chi connectivity index (χ0n) is 11.2. The van der Waals surface area contributed by atoms with E-state index in [9.17, 15) is 9.50 Å². The highest BCUT2D eigenvalue weighted by molar-refractivity contribution is 6.31. The molecule has 2 aromatic carbocycles. The van der Waals surface area contributed by atoms with Crippen molar-refractivity contribution in [1.29, 1.82) is 0 Å². The summed E-state index contributed by atoms with van der Waals surface area (Å²) in [6, 6.07) is 7.63. The van der Waals surface area contributed by atoms with Gasteiger partial charge in [-0.1, -0.05) is 35.3 Å². The maximum atomic E-state index is 13.4. The average molecular weight is 331 g/mol. The van der Waals surface area contributed by atoms with Crippen molar-refractivity contribution in [1.82, 2.24) is 0 Å². The highest BCUT2D eigenvalue weighted by atomic mass is 35.5. The Bertz CT molecular complexity index is 622. The lowest BCUT2D eigenvalue weighted by molar-refractivity contribution is 0.249. The fourth-order valence-corrected chi connectivity index (χ4v) is 2.28. The first kappa shape index (κ1) is 15.9. The second-order valence-electron chi connectivity index (χ2n) is 4.26. The van der Waals surface area contributed by atoms with Gasteiger partial charge in [-0.05, 0) is 12.1 Å². The van der Waals surface area contributed by atoms with E-state index in [2.05, 4.69) is 0 Å². The summed E-state index contributed by atoms with van der Waals surface area (Å²) < 4.78 is 24.2. The quantitative estimate of drug-likeness (QED) is 0.892. The smallest absolute Gasteiger partial charge is 0.167 e. The first-order valence-corrected chi connectivity index (χ1v) is 6.85. The molecule has 0 aliphatic carbocycles. The molecule has 112 valence electrons. The third-order valence-electron chi connectivity index (χ3n) is 2.89. The molecule has 0 fully saturated rings. The van der Waals surface area contributed by atoms with E-state index in [1.807, 2.05) is 0 Å². The summed E-state index contributed by atoms with van der Waals surface area (Å²) in [6.45, 7) is -0.218. The van der Waals surface area contributed by atoms with Gasteiger partial charge in [0.2, 0.25) is 0 Å². The van der Waals surface area contributed by atoms with Crippen molar-refractivity contribution in [3.63, 3.8) is 0 Å². The number of rotatable bonds is 5. The summed E-state index contributed by atoms with van der Waals surface area (Å²) in [4.78, 5) is 0. The monoisotopic (exact) mass is 330 g/mol. The van der Waals surface area contributed by atoms with Crippen LogP contribution in [0.4, 0.5) is 4.39 Å². The Morgan fingerprint density at radius 2 is 1.95 bits per heavy atom. The zero-order chi connectivity index (χ0) is 15.4. The Morgan fingerprint density at radius 1 is 1.19 bits per heavy atom. The predicted octanol–water partition coefficient (Wildman–Crippen LogP) is 4.21. The lowest BCUT2D eigenvalue weighted by Crippen LogP contribution is -2.02. The zero-order valence-corrected chi connectivity index (χ0v) is 12.7. The fourth-order valence-electron chi connectivity index (χ4n) is 1.87. The van der Waals surface area contributed by atoms with Gasteiger partial charge in [0.15, 0.2) is 11.5 Å². The van der Waals surface area contributed by atoms with Crippen LogP contribution in [0.15, 0.2) is 30.3 Å². The third kappa shape index (κ3) is 3.59. The van der Waals surface area contributed by atoms with Crippen molar-refractivity contribution in [2.24, 2.45) is 0 Å². The minimum Gasteiger partial charge on any atom is -0.493 e. The molecular formula is C15H13Cl2FO3. The van der Waals surface area contributed by atoms with Gasteiger partial charge in [0, 0.05) is 22.2 Å². The van der Waals surface area contributed by atoms with Crippen LogP contribution in [-0.2, 0) is 13.2 Å². The molecule has 0 spiro atoms. The molecule has 0 aliphatic heterocycles. The van der Waals surface area contributed by atoms with Crippen molar-refractivity contribution >= 4 is 23.2 Å². The van der Waals surface area contributed by atoms with Crippen LogP contribution in [0.1, 0.15) is 11.1 Å². The topological polar surface area (TPSA) is 38.7 Å². The van der Waals surface area contributed by atoms with E-state index < -0.39 is 5.82 Å². The van der Waals surface area contributed by atoms with Crippen LogP contribution in [0.3, 0.4) is 0 Å². The van der Waals surface area contributed by atoms with Crippen LogP contribution in [0.5, 0.6) is 11.5 Å². The van der Waals surface area contributed by atoms with Crippen LogP contribution in [-0.4, -0.2) is 12.2 Å². The molecule has 0 radical (unpaired) electrons. The maximum Gasteiger partial charge on any atom is 0.167 e. The van der Waals surface area contributed by atoms with Gasteiger partial charge >= 0.3 is 0 Å². The number of halogens is 3. The molecule has 0 aromatic heterocycles. The van der Waals surface area contributed by atoms with Gasteiger partial charge in [0.1, 0.15) is 12.4 Å². The molecule has 3 nitrogen and oxygen atoms in total. The molecule has 0 amide bonds. The van der Waals surface area contributed by atoms with Crippen molar-refractivity contribution < 1.29 is 19.0 Å². The minimum atomic E-state index is -0.511. The highest BCUT2D eigenvalue weighted by Gasteiger charge is 2.14. The summed E-state index contributed by atoms with van der Waals surface area (Å²) in [5.41, 5.74) is 0.976. The number of methoxy groups -OCH3 is 1. The second-order valence-corrected chi connectivity index (χ2v) is 5.07. The summed E-state index contributed by atoms with van der Waals surface area (Å²) >= 11 is 11.8. The number of hydrogen-bond acceptors (Lipinski definition) is 3. The van der Waals surface area contributed by atoms with E-state index in [1.165, 1.54) is 13.2 Å². The van der Waals surface area contributed by atoms with Gasteiger partial charge in [-0.3, -0.25) is 0 Å². The normalized spacial score (nSPS) is 10.5. The number of aliphatic hydroxyl groups excluding tert-OH is 1. The first-order valence-electron chi connectivity index (χ1n) is 6.09. The van der Waals surface area contributed by atoms with Gasteiger partial charge in [0.25, 0.3) is 0 Å². The van der Waals surface area contributed by atoms with Crippen molar-refractivity contribution in [3.05, 3.63) is 57.3 Å². The van der Waals surface area contributed by atoms with Crippen molar-refractivity contribution in [2.45, 2.75) is 13.2 Å². The SMILES string of the molecule is COc1cc(Cl)cc(CO)c1OCc1cccc(F)c1Cl. The van der Waals surface area contributed by atoms with Crippen LogP contribution in [0, 0.1) is 5.82 Å². The molecule has 0 saturated heterocycles. The van der Waals surface area contributed by atoms with Gasteiger partial charge in [-0.25, -0.2) is 4.39 Å². The Labute approximate surface area is 131 Å². The summed E-state index contributed by atoms with van der Waals surface area (Å²) in [5, 5.41) is 9.81. The van der Waals surface area contributed by atoms with Crippen LogP contribution < -0.4 is 9.47 Å². The standard InChI is InChI=1S/C15H13Cl2FO3/c1-20-13-6-11(16)5-10(7-19)15(13)21-8-9-3-2-4-12(18)14(9)17/h2-6,19H,7-8H2,1H3. The van der Waals surface area contributed by atoms with Crippen LogP contribution in [0.25, 0.3) is 0 Å². The average Bonchev–Trinajstić information content (AvgIpc) is 2.48. The fraction of sp³-hybridized carbons (Fsp3) is 0.200. The second kappa shape index (κ2) is 6.98. The number of benzene rings is 2. The molecule has 21 heavy (non-hydrogen) atoms. The highest BCUT2D eigenvalue weighted by Crippen LogP contribution is 2.35. The van der Waals surface area contributed by atoms with Gasteiger partial charge < -0.3 is 14.6 Å². The molecule has 6 heteroatoms. The molecule has 0 bridgehead atoms. The maximum absolute atomic E-state index is 13.4. The van der Waals surface area contributed by atoms with E-state index in [4.69, 9.17) is 32.7 Å². The van der Waals surface area contributed by atoms with E-state index >= 15 is 0 Å². The van der Waals surface area contributed by atoms with Gasteiger partial charge in [0.05, 0.1) is 18.7 Å². The van der Waals surface area contributed by atoms with E-state index in [0.717, 1.165) is 0 Å². The van der Waals surface area contributed by atoms with Crippen molar-refractivity contribution in [2.75, 3.05) is 7.11 Å². The minimum absolute atomic E-state index is 0.0102. The third-order valence-corrected chi connectivity index (χ3v) is 3.53. The molecule has 0 saturated carbocycles. The predicted molar refractivity (Wildman–Crippen MR) is 79.7 cm³/mol. The summed E-state index contributed by atoms with van der Waals surface area (Å²) in [5.74, 6) is 0.229. The molecule has 0 unspecified atom stereocenters. The lowest BCUT2D eigenvalue weighted by atomic mass is 10.2. The number of aliphatic hydroxyl groups is 1. The Hall–Kier alpha value is -1.49. The Morgan fingerprint density at radius 3 is 2.62 bits per heavy atom. The number of ether oxygens (including phenoxy) is 2. The Kier molecular flexibility index (Phi) is 5.28. The molecule has 2 rings (SSSR count). The number of hydrogen-bond donors (Lipinski definition) is 1. The molecule has 2 aromatic rings. The largest absolute Gasteiger partial charge is 0.493 e.